The molecule has 1 atom stereocenters. The molecule has 0 spiro atoms. The van der Waals surface area contributed by atoms with Gasteiger partial charge in [-0.05, 0) is 36.8 Å². The zero-order valence-corrected chi connectivity index (χ0v) is 18.0. The normalized spacial score (nSPS) is 15.5. The number of hydrogen-bond donors (Lipinski definition) is 0. The van der Waals surface area contributed by atoms with Gasteiger partial charge in [-0.3, -0.25) is 14.5 Å². The molecule has 6 nitrogen and oxygen atoms in total. The van der Waals surface area contributed by atoms with Gasteiger partial charge in [0.2, 0.25) is 5.91 Å². The van der Waals surface area contributed by atoms with Gasteiger partial charge in [0.05, 0.1) is 11.6 Å². The van der Waals surface area contributed by atoms with Crippen molar-refractivity contribution in [2.75, 3.05) is 33.2 Å². The molecule has 1 aliphatic rings. The molecule has 2 aromatic rings. The summed E-state index contributed by atoms with van der Waals surface area (Å²) in [5.74, 6) is -0.997. The van der Waals surface area contributed by atoms with Crippen LogP contribution in [-0.2, 0) is 11.3 Å². The van der Waals surface area contributed by atoms with Gasteiger partial charge >= 0.3 is 6.61 Å². The monoisotopic (exact) mass is 449 g/mol. The van der Waals surface area contributed by atoms with Crippen LogP contribution < -0.4 is 4.74 Å². The van der Waals surface area contributed by atoms with Crippen LogP contribution in [0.5, 0.6) is 5.75 Å². The number of para-hydroxylation sites is 1. The number of carbonyl (C=O) groups excluding carboxylic acids is 2. The fourth-order valence-electron chi connectivity index (χ4n) is 3.79. The lowest BCUT2D eigenvalue weighted by Gasteiger charge is -2.38. The number of hydrogen-bond acceptors (Lipinski definition) is 4. The largest absolute Gasteiger partial charge is 0.434 e. The number of carbonyl (C=O) groups is 2. The minimum absolute atomic E-state index is 0.0835. The van der Waals surface area contributed by atoms with Crippen molar-refractivity contribution in [3.63, 3.8) is 0 Å². The van der Waals surface area contributed by atoms with E-state index in [4.69, 9.17) is 0 Å². The Morgan fingerprint density at radius 2 is 1.75 bits per heavy atom. The highest BCUT2D eigenvalue weighted by Gasteiger charge is 2.30. The Balaban J connectivity index is 1.57. The number of benzene rings is 2. The lowest BCUT2D eigenvalue weighted by atomic mass is 10.1. The number of rotatable bonds is 7. The molecule has 9 heteroatoms. The van der Waals surface area contributed by atoms with Gasteiger partial charge in [0.1, 0.15) is 11.6 Å². The lowest BCUT2D eigenvalue weighted by molar-refractivity contribution is -0.136. The van der Waals surface area contributed by atoms with E-state index in [9.17, 15) is 22.8 Å². The molecule has 0 aromatic heterocycles. The summed E-state index contributed by atoms with van der Waals surface area (Å²) >= 11 is 0. The van der Waals surface area contributed by atoms with E-state index >= 15 is 0 Å². The quantitative estimate of drug-likeness (QED) is 0.652. The standard InChI is InChI=1S/C23H26F3N3O3/c1-16(21(30)27(2)15-17-6-5-7-18(24)14-17)28-10-12-29(13-11-28)22(31)19-8-3-4-9-20(19)32-23(25)26/h3-9,14,16,23H,10-13,15H2,1-2H3. The van der Waals surface area contributed by atoms with Gasteiger partial charge in [-0.1, -0.05) is 24.3 Å². The first-order valence-electron chi connectivity index (χ1n) is 10.3. The Hall–Kier alpha value is -3.07. The Kier molecular flexibility index (Phi) is 7.74. The number of nitrogens with zero attached hydrogens (tertiary/aromatic N) is 3. The van der Waals surface area contributed by atoms with Gasteiger partial charge in [0.25, 0.3) is 5.91 Å². The second kappa shape index (κ2) is 10.5. The van der Waals surface area contributed by atoms with E-state index in [1.54, 1.807) is 42.0 Å². The predicted molar refractivity (Wildman–Crippen MR) is 113 cm³/mol. The van der Waals surface area contributed by atoms with E-state index in [2.05, 4.69) is 4.74 Å². The fourth-order valence-corrected chi connectivity index (χ4v) is 3.79. The van der Waals surface area contributed by atoms with Crippen LogP contribution in [0.1, 0.15) is 22.8 Å². The van der Waals surface area contributed by atoms with Crippen LogP contribution in [0.4, 0.5) is 13.2 Å². The molecule has 1 aliphatic heterocycles. The molecular weight excluding hydrogens is 423 g/mol. The summed E-state index contributed by atoms with van der Waals surface area (Å²) in [6.45, 7) is 0.708. The van der Waals surface area contributed by atoms with Crippen molar-refractivity contribution in [2.24, 2.45) is 0 Å². The molecule has 1 saturated heterocycles. The van der Waals surface area contributed by atoms with E-state index in [1.807, 2.05) is 4.90 Å². The van der Waals surface area contributed by atoms with Crippen molar-refractivity contribution >= 4 is 11.8 Å². The lowest BCUT2D eigenvalue weighted by Crippen LogP contribution is -2.55. The smallest absolute Gasteiger partial charge is 0.387 e. The minimum atomic E-state index is -3.02. The van der Waals surface area contributed by atoms with E-state index in [0.717, 1.165) is 0 Å². The highest BCUT2D eigenvalue weighted by atomic mass is 19.3. The number of alkyl halides is 2. The summed E-state index contributed by atoms with van der Waals surface area (Å²) in [6.07, 6.45) is 0. The van der Waals surface area contributed by atoms with Gasteiger partial charge in [0.15, 0.2) is 0 Å². The molecule has 0 N–H and O–H groups in total. The Bertz CT molecular complexity index is 949. The molecule has 0 saturated carbocycles. The molecule has 3 rings (SSSR count). The van der Waals surface area contributed by atoms with Crippen LogP contribution in [0.25, 0.3) is 0 Å². The van der Waals surface area contributed by atoms with Gasteiger partial charge < -0.3 is 14.5 Å². The van der Waals surface area contributed by atoms with Gasteiger partial charge in [-0.25, -0.2) is 4.39 Å². The summed E-state index contributed by atoms with van der Waals surface area (Å²) in [5.41, 5.74) is 0.786. The maximum atomic E-state index is 13.4. The average Bonchev–Trinajstić information content (AvgIpc) is 2.77. The summed E-state index contributed by atoms with van der Waals surface area (Å²) in [5, 5.41) is 0. The molecular formula is C23H26F3N3O3. The summed E-state index contributed by atoms with van der Waals surface area (Å²) < 4.78 is 43.1. The molecule has 1 heterocycles. The molecule has 0 bridgehead atoms. The summed E-state index contributed by atoms with van der Waals surface area (Å²) in [4.78, 5) is 30.8. The van der Waals surface area contributed by atoms with Crippen molar-refractivity contribution in [1.82, 2.24) is 14.7 Å². The molecule has 0 radical (unpaired) electrons. The van der Waals surface area contributed by atoms with Crippen LogP contribution in [0.15, 0.2) is 48.5 Å². The molecule has 2 amide bonds. The Morgan fingerprint density at radius 3 is 2.41 bits per heavy atom. The van der Waals surface area contributed by atoms with Crippen molar-refractivity contribution in [3.8, 4) is 5.75 Å². The first-order chi connectivity index (χ1) is 15.3. The minimum Gasteiger partial charge on any atom is -0.434 e. The van der Waals surface area contributed by atoms with Crippen LogP contribution in [0.2, 0.25) is 0 Å². The predicted octanol–water partition coefficient (Wildman–Crippen LogP) is 3.23. The maximum absolute atomic E-state index is 13.4. The molecule has 172 valence electrons. The third-order valence-electron chi connectivity index (χ3n) is 5.53. The van der Waals surface area contributed by atoms with Crippen molar-refractivity contribution in [1.29, 1.82) is 0 Å². The molecule has 1 fully saturated rings. The van der Waals surface area contributed by atoms with E-state index in [0.29, 0.717) is 38.3 Å². The Labute approximate surface area is 185 Å². The number of amides is 2. The zero-order chi connectivity index (χ0) is 23.3. The van der Waals surface area contributed by atoms with Crippen LogP contribution >= 0.6 is 0 Å². The second-order valence-corrected chi connectivity index (χ2v) is 7.70. The highest BCUT2D eigenvalue weighted by Crippen LogP contribution is 2.23. The number of halogens is 3. The van der Waals surface area contributed by atoms with Crippen molar-refractivity contribution in [3.05, 3.63) is 65.5 Å². The average molecular weight is 449 g/mol. The van der Waals surface area contributed by atoms with E-state index < -0.39 is 12.7 Å². The summed E-state index contributed by atoms with van der Waals surface area (Å²) in [7, 11) is 1.67. The van der Waals surface area contributed by atoms with E-state index in [1.165, 1.54) is 30.3 Å². The molecule has 32 heavy (non-hydrogen) atoms. The van der Waals surface area contributed by atoms with Crippen molar-refractivity contribution < 1.29 is 27.5 Å². The molecule has 2 aromatic carbocycles. The van der Waals surface area contributed by atoms with Crippen LogP contribution in [-0.4, -0.2) is 72.4 Å². The highest BCUT2D eigenvalue weighted by molar-refractivity contribution is 5.97. The topological polar surface area (TPSA) is 53.1 Å². The van der Waals surface area contributed by atoms with E-state index in [-0.39, 0.29) is 28.9 Å². The number of ether oxygens (including phenoxy) is 1. The first-order valence-corrected chi connectivity index (χ1v) is 10.3. The third-order valence-corrected chi connectivity index (χ3v) is 5.53. The first kappa shape index (κ1) is 23.6. The van der Waals surface area contributed by atoms with Gasteiger partial charge in [-0.15, -0.1) is 0 Å². The second-order valence-electron chi connectivity index (χ2n) is 7.70. The SMILES string of the molecule is CC(C(=O)N(C)Cc1cccc(F)c1)N1CCN(C(=O)c2ccccc2OC(F)F)CC1. The Morgan fingerprint density at radius 1 is 1.06 bits per heavy atom. The number of piperazine rings is 1. The summed E-state index contributed by atoms with van der Waals surface area (Å²) in [6, 6.07) is 11.6. The van der Waals surface area contributed by atoms with Crippen LogP contribution in [0, 0.1) is 5.82 Å². The molecule has 0 aliphatic carbocycles. The zero-order valence-electron chi connectivity index (χ0n) is 18.0. The number of likely N-dealkylation sites (N-methyl/N-ethyl adjacent to an activating group) is 1. The third kappa shape index (κ3) is 5.79. The maximum Gasteiger partial charge on any atom is 0.387 e. The van der Waals surface area contributed by atoms with Gasteiger partial charge in [-0.2, -0.15) is 8.78 Å². The fraction of sp³-hybridized carbons (Fsp3) is 0.391. The van der Waals surface area contributed by atoms with Crippen LogP contribution in [0.3, 0.4) is 0 Å². The van der Waals surface area contributed by atoms with Gasteiger partial charge in [0, 0.05) is 39.8 Å². The molecule has 1 unspecified atom stereocenters. The van der Waals surface area contributed by atoms with Crippen molar-refractivity contribution in [2.45, 2.75) is 26.1 Å².